The van der Waals surface area contributed by atoms with Crippen LogP contribution in [-0.4, -0.2) is 6.04 Å². The van der Waals surface area contributed by atoms with E-state index in [2.05, 4.69) is 60.7 Å². The van der Waals surface area contributed by atoms with Crippen LogP contribution in [0, 0.1) is 9.49 Å². The first-order valence-electron chi connectivity index (χ1n) is 4.59. The van der Waals surface area contributed by atoms with E-state index in [1.165, 1.54) is 9.13 Å². The predicted molar refractivity (Wildman–Crippen MR) is 65.7 cm³/mol. The fourth-order valence-electron chi connectivity index (χ4n) is 1.18. The number of hydrogen-bond acceptors (Lipinski definition) is 1. The minimum Gasteiger partial charge on any atom is -0.328 e. The highest BCUT2D eigenvalue weighted by Gasteiger charge is 2.07. The summed E-state index contributed by atoms with van der Waals surface area (Å²) in [6.45, 7) is 4.26. The molecule has 0 aliphatic carbocycles. The molecule has 0 aromatic heterocycles. The average Bonchev–Trinajstić information content (AvgIpc) is 2.08. The summed E-state index contributed by atoms with van der Waals surface area (Å²) in [7, 11) is 0. The van der Waals surface area contributed by atoms with Crippen LogP contribution < -0.4 is 5.73 Å². The normalized spacial score (nSPS) is 15.4. The van der Waals surface area contributed by atoms with Gasteiger partial charge in [0.05, 0.1) is 0 Å². The van der Waals surface area contributed by atoms with Gasteiger partial charge in [-0.1, -0.05) is 19.1 Å². The molecule has 0 aliphatic heterocycles. The van der Waals surface area contributed by atoms with E-state index in [-0.39, 0.29) is 6.04 Å². The second kappa shape index (κ2) is 4.96. The van der Waals surface area contributed by atoms with Crippen molar-refractivity contribution in [1.82, 2.24) is 0 Å². The average molecular weight is 289 g/mol. The Bertz CT molecular complexity index is 253. The topological polar surface area (TPSA) is 26.0 Å². The number of hydrogen-bond donors (Lipinski definition) is 1. The molecule has 1 aromatic carbocycles. The maximum Gasteiger partial charge on any atom is 0.0130 e. The molecule has 0 bridgehead atoms. The SMILES string of the molecule is CC(N)C(C)Cc1ccc(I)cc1. The number of rotatable bonds is 3. The van der Waals surface area contributed by atoms with Crippen LogP contribution in [0.25, 0.3) is 0 Å². The smallest absolute Gasteiger partial charge is 0.0130 e. The van der Waals surface area contributed by atoms with Gasteiger partial charge in [0.2, 0.25) is 0 Å². The zero-order valence-electron chi connectivity index (χ0n) is 8.13. The Morgan fingerprint density at radius 1 is 1.23 bits per heavy atom. The minimum absolute atomic E-state index is 0.277. The van der Waals surface area contributed by atoms with Gasteiger partial charge in [-0.25, -0.2) is 0 Å². The molecule has 0 saturated carbocycles. The lowest BCUT2D eigenvalue weighted by Crippen LogP contribution is -2.25. The summed E-state index contributed by atoms with van der Waals surface area (Å²) in [5.41, 5.74) is 7.19. The second-order valence-corrected chi connectivity index (χ2v) is 4.91. The Morgan fingerprint density at radius 2 is 1.77 bits per heavy atom. The van der Waals surface area contributed by atoms with Gasteiger partial charge in [-0.05, 0) is 59.5 Å². The van der Waals surface area contributed by atoms with E-state index < -0.39 is 0 Å². The Hall–Kier alpha value is -0.0900. The van der Waals surface area contributed by atoms with Crippen molar-refractivity contribution in [2.75, 3.05) is 0 Å². The molecule has 2 unspecified atom stereocenters. The van der Waals surface area contributed by atoms with Crippen molar-refractivity contribution in [3.05, 3.63) is 33.4 Å². The third-order valence-corrected chi connectivity index (χ3v) is 3.09. The van der Waals surface area contributed by atoms with Gasteiger partial charge in [0.25, 0.3) is 0 Å². The largest absolute Gasteiger partial charge is 0.328 e. The van der Waals surface area contributed by atoms with E-state index in [0.717, 1.165) is 6.42 Å². The summed E-state index contributed by atoms with van der Waals surface area (Å²) in [6.07, 6.45) is 1.08. The van der Waals surface area contributed by atoms with Crippen LogP contribution in [0.15, 0.2) is 24.3 Å². The Balaban J connectivity index is 2.59. The van der Waals surface area contributed by atoms with Gasteiger partial charge in [0.1, 0.15) is 0 Å². The first kappa shape index (κ1) is 11.0. The third kappa shape index (κ3) is 3.65. The molecule has 2 N–H and O–H groups in total. The molecule has 1 rings (SSSR count). The van der Waals surface area contributed by atoms with E-state index in [0.29, 0.717) is 5.92 Å². The number of nitrogens with two attached hydrogens (primary N) is 1. The lowest BCUT2D eigenvalue weighted by Gasteiger charge is -2.15. The molecule has 2 atom stereocenters. The lowest BCUT2D eigenvalue weighted by atomic mass is 9.96. The van der Waals surface area contributed by atoms with E-state index in [1.807, 2.05) is 0 Å². The van der Waals surface area contributed by atoms with Gasteiger partial charge in [-0.3, -0.25) is 0 Å². The van der Waals surface area contributed by atoms with Gasteiger partial charge < -0.3 is 5.73 Å². The molecule has 72 valence electrons. The first-order chi connectivity index (χ1) is 6.09. The van der Waals surface area contributed by atoms with Crippen molar-refractivity contribution >= 4 is 22.6 Å². The Morgan fingerprint density at radius 3 is 2.23 bits per heavy atom. The molecule has 0 radical (unpaired) electrons. The van der Waals surface area contributed by atoms with Crippen molar-refractivity contribution in [3.8, 4) is 0 Å². The molecule has 0 aliphatic rings. The predicted octanol–water partition coefficient (Wildman–Crippen LogP) is 2.82. The van der Waals surface area contributed by atoms with Crippen LogP contribution in [0.2, 0.25) is 0 Å². The van der Waals surface area contributed by atoms with Gasteiger partial charge in [0, 0.05) is 9.61 Å². The zero-order valence-corrected chi connectivity index (χ0v) is 10.3. The molecule has 2 heteroatoms. The monoisotopic (exact) mass is 289 g/mol. The van der Waals surface area contributed by atoms with Crippen molar-refractivity contribution < 1.29 is 0 Å². The molecule has 0 spiro atoms. The van der Waals surface area contributed by atoms with E-state index in [1.54, 1.807) is 0 Å². The standard InChI is InChI=1S/C11H16IN/c1-8(9(2)13)7-10-3-5-11(12)6-4-10/h3-6,8-9H,7,13H2,1-2H3. The minimum atomic E-state index is 0.277. The number of benzene rings is 1. The molecule has 0 amide bonds. The fourth-order valence-corrected chi connectivity index (χ4v) is 1.54. The highest BCUT2D eigenvalue weighted by Crippen LogP contribution is 2.12. The molecule has 0 heterocycles. The molecule has 1 aromatic rings. The molecule has 1 nitrogen and oxygen atoms in total. The van der Waals surface area contributed by atoms with Crippen molar-refractivity contribution in [2.24, 2.45) is 11.7 Å². The summed E-state index contributed by atoms with van der Waals surface area (Å²) in [5, 5.41) is 0. The summed E-state index contributed by atoms with van der Waals surface area (Å²) in [6, 6.07) is 8.92. The van der Waals surface area contributed by atoms with Crippen molar-refractivity contribution in [3.63, 3.8) is 0 Å². The first-order valence-corrected chi connectivity index (χ1v) is 5.67. The number of halogens is 1. The molecule has 0 saturated heterocycles. The van der Waals surface area contributed by atoms with Crippen LogP contribution in [0.3, 0.4) is 0 Å². The summed E-state index contributed by atoms with van der Waals surface area (Å²) in [4.78, 5) is 0. The molecular weight excluding hydrogens is 273 g/mol. The molecular formula is C11H16IN. The van der Waals surface area contributed by atoms with E-state index in [9.17, 15) is 0 Å². The van der Waals surface area contributed by atoms with E-state index in [4.69, 9.17) is 5.73 Å². The van der Waals surface area contributed by atoms with Gasteiger partial charge in [-0.2, -0.15) is 0 Å². The van der Waals surface area contributed by atoms with Crippen LogP contribution in [0.1, 0.15) is 19.4 Å². The molecule has 0 fully saturated rings. The highest BCUT2D eigenvalue weighted by molar-refractivity contribution is 14.1. The zero-order chi connectivity index (χ0) is 9.84. The highest BCUT2D eigenvalue weighted by atomic mass is 127. The van der Waals surface area contributed by atoms with Crippen molar-refractivity contribution in [2.45, 2.75) is 26.3 Å². The maximum atomic E-state index is 5.81. The van der Waals surface area contributed by atoms with Crippen molar-refractivity contribution in [1.29, 1.82) is 0 Å². The van der Waals surface area contributed by atoms with Gasteiger partial charge in [-0.15, -0.1) is 0 Å². The third-order valence-electron chi connectivity index (χ3n) is 2.37. The quantitative estimate of drug-likeness (QED) is 0.851. The second-order valence-electron chi connectivity index (χ2n) is 3.67. The van der Waals surface area contributed by atoms with Crippen LogP contribution in [0.5, 0.6) is 0 Å². The fraction of sp³-hybridized carbons (Fsp3) is 0.455. The summed E-state index contributed by atoms with van der Waals surface area (Å²) >= 11 is 2.32. The van der Waals surface area contributed by atoms with E-state index >= 15 is 0 Å². The summed E-state index contributed by atoms with van der Waals surface area (Å²) in [5.74, 6) is 0.556. The van der Waals surface area contributed by atoms with Gasteiger partial charge in [0.15, 0.2) is 0 Å². The lowest BCUT2D eigenvalue weighted by molar-refractivity contribution is 0.481. The Kier molecular flexibility index (Phi) is 4.19. The van der Waals surface area contributed by atoms with Crippen LogP contribution >= 0.6 is 22.6 Å². The van der Waals surface area contributed by atoms with Crippen LogP contribution in [-0.2, 0) is 6.42 Å². The summed E-state index contributed by atoms with van der Waals surface area (Å²) < 4.78 is 1.29. The molecule has 13 heavy (non-hydrogen) atoms. The Labute approximate surface area is 93.9 Å². The maximum absolute atomic E-state index is 5.81. The van der Waals surface area contributed by atoms with Crippen LogP contribution in [0.4, 0.5) is 0 Å². The van der Waals surface area contributed by atoms with Gasteiger partial charge >= 0.3 is 0 Å².